The Hall–Kier alpha value is -2.46. The van der Waals surface area contributed by atoms with E-state index in [2.05, 4.69) is 58.9 Å². The molecule has 0 aromatic heterocycles. The summed E-state index contributed by atoms with van der Waals surface area (Å²) in [5.41, 5.74) is 0. The fourth-order valence-electron chi connectivity index (χ4n) is 9.40. The molecule has 19 heteroatoms. The maximum atomic E-state index is 13.0. The Bertz CT molecular complexity index is 1740. The van der Waals surface area contributed by atoms with Gasteiger partial charge in [-0.25, -0.2) is 9.13 Å². The molecular formula is C66H124O17P2. The second kappa shape index (κ2) is 59.2. The number of hydrogen-bond acceptors (Lipinski definition) is 15. The first-order valence-electron chi connectivity index (χ1n) is 34.0. The number of allylic oxidation sites excluding steroid dienone is 4. The highest BCUT2D eigenvalue weighted by Crippen LogP contribution is 2.45. The summed E-state index contributed by atoms with van der Waals surface area (Å²) in [5.74, 6) is -1.48. The van der Waals surface area contributed by atoms with Crippen LogP contribution in [0.15, 0.2) is 24.3 Å². The Morgan fingerprint density at radius 3 is 0.965 bits per heavy atom. The molecule has 0 saturated heterocycles. The summed E-state index contributed by atoms with van der Waals surface area (Å²) < 4.78 is 67.8. The molecule has 0 bridgehead atoms. The molecule has 0 fully saturated rings. The van der Waals surface area contributed by atoms with Crippen molar-refractivity contribution in [3.63, 3.8) is 0 Å². The molecule has 0 aliphatic rings. The first-order valence-corrected chi connectivity index (χ1v) is 36.9. The smallest absolute Gasteiger partial charge is 0.462 e. The quantitative estimate of drug-likeness (QED) is 0.0169. The van der Waals surface area contributed by atoms with Crippen LogP contribution in [0.3, 0.4) is 0 Å². The van der Waals surface area contributed by atoms with E-state index in [0.717, 1.165) is 109 Å². The number of carbonyl (C=O) groups excluding carboxylic acids is 4. The molecule has 0 aromatic rings. The zero-order chi connectivity index (χ0) is 62.8. The maximum absolute atomic E-state index is 13.0. The van der Waals surface area contributed by atoms with E-state index in [9.17, 15) is 43.2 Å². The standard InChI is InChI=1S/C66H124O17P2/c1-6-9-12-15-17-19-21-23-25-27-29-31-35-40-45-50-64(69)77-56-62(83-65(70)51-46-41-36-32-30-28-26-24-22-20-18-16-13-10-7-2)58-81-85(74,75)79-54-60(67)53-78-84(72,73)80-57-61(55-76-63(68)49-44-38-14-11-8-3)82-66(71)52-47-42-37-33-34-39-43-48-59(4)5/h20,22,24,26,59-62,67H,6-19,21,23,25,27-58H2,1-5H3,(H,72,73)(H,74,75)/b22-20-,26-24-/t60-,61+,62+/m0/s1. The highest BCUT2D eigenvalue weighted by molar-refractivity contribution is 7.47. The fourth-order valence-corrected chi connectivity index (χ4v) is 11.0. The third-order valence-corrected chi connectivity index (χ3v) is 16.6. The van der Waals surface area contributed by atoms with Crippen LogP contribution in [0.25, 0.3) is 0 Å². The molecule has 0 aromatic carbocycles. The number of phosphoric acid groups is 2. The van der Waals surface area contributed by atoms with Gasteiger partial charge < -0.3 is 33.8 Å². The predicted octanol–water partition coefficient (Wildman–Crippen LogP) is 18.1. The van der Waals surface area contributed by atoms with Gasteiger partial charge in [0.15, 0.2) is 12.2 Å². The van der Waals surface area contributed by atoms with E-state index in [-0.39, 0.29) is 25.7 Å². The van der Waals surface area contributed by atoms with Crippen molar-refractivity contribution in [1.82, 2.24) is 0 Å². The van der Waals surface area contributed by atoms with Gasteiger partial charge in [-0.05, 0) is 57.3 Å². The van der Waals surface area contributed by atoms with Gasteiger partial charge in [-0.1, -0.05) is 258 Å². The number of carbonyl (C=O) groups is 4. The van der Waals surface area contributed by atoms with Crippen molar-refractivity contribution in [1.29, 1.82) is 0 Å². The molecule has 17 nitrogen and oxygen atoms in total. The van der Waals surface area contributed by atoms with Crippen LogP contribution in [-0.2, 0) is 65.4 Å². The number of hydrogen-bond donors (Lipinski definition) is 3. The van der Waals surface area contributed by atoms with Crippen molar-refractivity contribution in [2.75, 3.05) is 39.6 Å². The van der Waals surface area contributed by atoms with E-state index in [1.54, 1.807) is 0 Å². The molecule has 0 heterocycles. The molecule has 0 radical (unpaired) electrons. The van der Waals surface area contributed by atoms with Gasteiger partial charge in [0.1, 0.15) is 19.3 Å². The number of unbranched alkanes of at least 4 members (excludes halogenated alkanes) is 33. The van der Waals surface area contributed by atoms with Crippen molar-refractivity contribution in [2.45, 2.75) is 329 Å². The van der Waals surface area contributed by atoms with Crippen molar-refractivity contribution < 1.29 is 80.2 Å². The number of phosphoric ester groups is 2. The van der Waals surface area contributed by atoms with Crippen molar-refractivity contribution in [3.05, 3.63) is 24.3 Å². The van der Waals surface area contributed by atoms with Crippen molar-refractivity contribution in [3.8, 4) is 0 Å². The van der Waals surface area contributed by atoms with Crippen LogP contribution in [0.1, 0.15) is 311 Å². The molecule has 3 N–H and O–H groups in total. The monoisotopic (exact) mass is 1250 g/mol. The molecule has 2 unspecified atom stereocenters. The lowest BCUT2D eigenvalue weighted by atomic mass is 10.0. The molecule has 500 valence electrons. The molecule has 85 heavy (non-hydrogen) atoms. The topological polar surface area (TPSA) is 237 Å². The molecule has 5 atom stereocenters. The average Bonchev–Trinajstić information content (AvgIpc) is 3.47. The lowest BCUT2D eigenvalue weighted by Crippen LogP contribution is -2.30. The number of aliphatic hydroxyl groups is 1. The Balaban J connectivity index is 5.21. The molecule has 0 aliphatic heterocycles. The lowest BCUT2D eigenvalue weighted by molar-refractivity contribution is -0.161. The Kier molecular flexibility index (Phi) is 57.5. The van der Waals surface area contributed by atoms with Crippen LogP contribution >= 0.6 is 15.6 Å². The van der Waals surface area contributed by atoms with Gasteiger partial charge in [0.05, 0.1) is 26.4 Å². The summed E-state index contributed by atoms with van der Waals surface area (Å²) in [6.07, 6.45) is 47.1. The van der Waals surface area contributed by atoms with Crippen LogP contribution in [0, 0.1) is 5.92 Å². The maximum Gasteiger partial charge on any atom is 0.472 e. The zero-order valence-electron chi connectivity index (χ0n) is 54.2. The summed E-state index contributed by atoms with van der Waals surface area (Å²) in [5, 5.41) is 10.5. The van der Waals surface area contributed by atoms with E-state index < -0.39 is 97.5 Å². The first-order chi connectivity index (χ1) is 41.0. The van der Waals surface area contributed by atoms with E-state index in [1.165, 1.54) is 116 Å². The number of aliphatic hydroxyl groups excluding tert-OH is 1. The van der Waals surface area contributed by atoms with E-state index in [1.807, 2.05) is 0 Å². The van der Waals surface area contributed by atoms with Gasteiger partial charge in [-0.2, -0.15) is 0 Å². The second-order valence-corrected chi connectivity index (χ2v) is 26.6. The molecule has 0 rings (SSSR count). The van der Waals surface area contributed by atoms with Crippen LogP contribution in [0.5, 0.6) is 0 Å². The van der Waals surface area contributed by atoms with Gasteiger partial charge in [0, 0.05) is 25.7 Å². The summed E-state index contributed by atoms with van der Waals surface area (Å²) in [6, 6.07) is 0. The third-order valence-electron chi connectivity index (χ3n) is 14.7. The molecule has 0 saturated carbocycles. The zero-order valence-corrected chi connectivity index (χ0v) is 56.0. The third kappa shape index (κ3) is 60.2. The number of ether oxygens (including phenoxy) is 4. The van der Waals surface area contributed by atoms with Crippen LogP contribution in [-0.4, -0.2) is 96.7 Å². The van der Waals surface area contributed by atoms with Crippen LogP contribution in [0.4, 0.5) is 0 Å². The highest BCUT2D eigenvalue weighted by atomic mass is 31.2. The van der Waals surface area contributed by atoms with Gasteiger partial charge in [0.25, 0.3) is 0 Å². The largest absolute Gasteiger partial charge is 0.472 e. The van der Waals surface area contributed by atoms with E-state index in [4.69, 9.17) is 37.0 Å². The second-order valence-electron chi connectivity index (χ2n) is 23.6. The van der Waals surface area contributed by atoms with E-state index >= 15 is 0 Å². The predicted molar refractivity (Wildman–Crippen MR) is 340 cm³/mol. The summed E-state index contributed by atoms with van der Waals surface area (Å²) in [6.45, 7) is 6.99. The fraction of sp³-hybridized carbons (Fsp3) is 0.879. The lowest BCUT2D eigenvalue weighted by Gasteiger charge is -2.21. The number of esters is 4. The van der Waals surface area contributed by atoms with Crippen LogP contribution < -0.4 is 0 Å². The van der Waals surface area contributed by atoms with Gasteiger partial charge in [-0.3, -0.25) is 37.3 Å². The van der Waals surface area contributed by atoms with Crippen molar-refractivity contribution >= 4 is 39.5 Å². The summed E-state index contributed by atoms with van der Waals surface area (Å²) >= 11 is 0. The molecule has 0 amide bonds. The minimum Gasteiger partial charge on any atom is -0.462 e. The summed E-state index contributed by atoms with van der Waals surface area (Å²) in [4.78, 5) is 72.0. The Labute approximate surface area is 516 Å². The van der Waals surface area contributed by atoms with Crippen LogP contribution in [0.2, 0.25) is 0 Å². The molecule has 0 aliphatic carbocycles. The molecular weight excluding hydrogens is 1130 g/mol. The van der Waals surface area contributed by atoms with Gasteiger partial charge in [0.2, 0.25) is 0 Å². The minimum atomic E-state index is -4.95. The summed E-state index contributed by atoms with van der Waals surface area (Å²) in [7, 11) is -9.89. The first kappa shape index (κ1) is 82.5. The highest BCUT2D eigenvalue weighted by Gasteiger charge is 2.30. The van der Waals surface area contributed by atoms with Gasteiger partial charge in [-0.15, -0.1) is 0 Å². The Morgan fingerprint density at radius 1 is 0.365 bits per heavy atom. The molecule has 0 spiro atoms. The number of rotatable bonds is 64. The average molecular weight is 1250 g/mol. The minimum absolute atomic E-state index is 0.0853. The van der Waals surface area contributed by atoms with Crippen molar-refractivity contribution in [2.24, 2.45) is 5.92 Å². The normalized spacial score (nSPS) is 14.4. The SMILES string of the molecule is CCCCCC/C=C\C=C/CCCCCCCC(=O)O[C@H](COC(=O)CCCCCCCCCCCCCCCCC)COP(=O)(O)OC[C@@H](O)COP(=O)(O)OC[C@@H](COC(=O)CCCCCCC)OC(=O)CCCCCCCCCC(C)C. The van der Waals surface area contributed by atoms with E-state index in [0.29, 0.717) is 31.6 Å². The Morgan fingerprint density at radius 2 is 0.635 bits per heavy atom. The van der Waals surface area contributed by atoms with Gasteiger partial charge >= 0.3 is 39.5 Å².